The van der Waals surface area contributed by atoms with E-state index in [1.165, 1.54) is 0 Å². The van der Waals surface area contributed by atoms with Crippen molar-refractivity contribution in [3.63, 3.8) is 0 Å². The number of hydrogen-bond donors (Lipinski definition) is 0. The van der Waals surface area contributed by atoms with Crippen LogP contribution in [0.15, 0.2) is 23.1 Å². The van der Waals surface area contributed by atoms with Gasteiger partial charge in [0.25, 0.3) is 0 Å². The Labute approximate surface area is 138 Å². The largest absolute Gasteiger partial charge is 0.309 e. The van der Waals surface area contributed by atoms with Gasteiger partial charge in [-0.1, -0.05) is 6.92 Å². The van der Waals surface area contributed by atoms with Gasteiger partial charge in [0.15, 0.2) is 0 Å². The molecule has 2 aliphatic heterocycles. The zero-order valence-corrected chi connectivity index (χ0v) is 14.8. The maximum absolute atomic E-state index is 12.9. The number of rotatable bonds is 2. The van der Waals surface area contributed by atoms with Gasteiger partial charge in [0.1, 0.15) is 0 Å². The van der Waals surface area contributed by atoms with Crippen molar-refractivity contribution in [3.05, 3.63) is 23.8 Å². The molecule has 0 radical (unpaired) electrons. The molecule has 2 heterocycles. The van der Waals surface area contributed by atoms with Gasteiger partial charge in [0.2, 0.25) is 15.9 Å². The Morgan fingerprint density at radius 1 is 1.26 bits per heavy atom. The van der Waals surface area contributed by atoms with Gasteiger partial charge in [0.05, 0.1) is 4.90 Å². The summed E-state index contributed by atoms with van der Waals surface area (Å²) < 4.78 is 27.4. The lowest BCUT2D eigenvalue weighted by molar-refractivity contribution is -0.116. The molecule has 126 valence electrons. The summed E-state index contributed by atoms with van der Waals surface area (Å²) in [6.45, 7) is 6.82. The van der Waals surface area contributed by atoms with E-state index in [9.17, 15) is 13.2 Å². The molecule has 1 saturated heterocycles. The van der Waals surface area contributed by atoms with Crippen LogP contribution in [0.4, 0.5) is 5.69 Å². The Morgan fingerprint density at radius 2 is 2.00 bits per heavy atom. The van der Waals surface area contributed by atoms with Gasteiger partial charge in [-0.15, -0.1) is 0 Å². The highest BCUT2D eigenvalue weighted by Crippen LogP contribution is 2.35. The Morgan fingerprint density at radius 3 is 2.65 bits per heavy atom. The molecule has 2 aliphatic rings. The quantitative estimate of drug-likeness (QED) is 0.833. The van der Waals surface area contributed by atoms with E-state index in [0.29, 0.717) is 30.3 Å². The third-order valence-corrected chi connectivity index (χ3v) is 6.72. The van der Waals surface area contributed by atoms with Gasteiger partial charge in [-0.25, -0.2) is 8.42 Å². The Hall–Kier alpha value is -1.40. The van der Waals surface area contributed by atoms with Crippen molar-refractivity contribution >= 4 is 21.6 Å². The highest BCUT2D eigenvalue weighted by Gasteiger charge is 2.33. The summed E-state index contributed by atoms with van der Waals surface area (Å²) in [5.74, 6) is 0.401. The van der Waals surface area contributed by atoms with Gasteiger partial charge < -0.3 is 4.90 Å². The lowest BCUT2D eigenvalue weighted by atomic mass is 10.0. The second-order valence-electron chi connectivity index (χ2n) is 6.84. The molecule has 0 unspecified atom stereocenters. The van der Waals surface area contributed by atoms with E-state index in [-0.39, 0.29) is 11.9 Å². The lowest BCUT2D eigenvalue weighted by Crippen LogP contribution is -2.39. The molecule has 3 rings (SSSR count). The minimum absolute atomic E-state index is 0.00304. The van der Waals surface area contributed by atoms with Gasteiger partial charge in [-0.2, -0.15) is 4.31 Å². The normalized spacial score (nSPS) is 25.4. The summed E-state index contributed by atoms with van der Waals surface area (Å²) in [7, 11) is -3.44. The fourth-order valence-corrected chi connectivity index (χ4v) is 5.41. The number of carbonyl (C=O) groups is 1. The molecule has 0 bridgehead atoms. The van der Waals surface area contributed by atoms with Crippen molar-refractivity contribution < 1.29 is 13.2 Å². The average Bonchev–Trinajstić information content (AvgIpc) is 2.82. The van der Waals surface area contributed by atoms with Crippen LogP contribution in [0.2, 0.25) is 0 Å². The van der Waals surface area contributed by atoms with Crippen molar-refractivity contribution in [2.45, 2.75) is 51.0 Å². The first-order valence-corrected chi connectivity index (χ1v) is 9.67. The number of carbonyl (C=O) groups excluding carboxylic acids is 1. The highest BCUT2D eigenvalue weighted by atomic mass is 32.2. The van der Waals surface area contributed by atoms with Crippen molar-refractivity contribution in [2.24, 2.45) is 5.92 Å². The summed E-state index contributed by atoms with van der Waals surface area (Å²) in [6.07, 6.45) is 2.70. The molecule has 23 heavy (non-hydrogen) atoms. The number of piperidine rings is 1. The van der Waals surface area contributed by atoms with E-state index in [2.05, 4.69) is 6.92 Å². The summed E-state index contributed by atoms with van der Waals surface area (Å²) >= 11 is 0. The lowest BCUT2D eigenvalue weighted by Gasteiger charge is -2.30. The minimum Gasteiger partial charge on any atom is -0.309 e. The average molecular weight is 336 g/mol. The van der Waals surface area contributed by atoms with Gasteiger partial charge >= 0.3 is 0 Å². The highest BCUT2D eigenvalue weighted by molar-refractivity contribution is 7.89. The first-order valence-electron chi connectivity index (χ1n) is 8.23. The van der Waals surface area contributed by atoms with Crippen LogP contribution >= 0.6 is 0 Å². The third kappa shape index (κ3) is 2.90. The van der Waals surface area contributed by atoms with Crippen molar-refractivity contribution in [1.82, 2.24) is 4.31 Å². The third-order valence-electron chi connectivity index (χ3n) is 4.86. The molecule has 6 heteroatoms. The number of sulfonamides is 1. The van der Waals surface area contributed by atoms with Crippen LogP contribution in [0.5, 0.6) is 0 Å². The maximum Gasteiger partial charge on any atom is 0.243 e. The van der Waals surface area contributed by atoms with E-state index < -0.39 is 10.0 Å². The summed E-state index contributed by atoms with van der Waals surface area (Å²) in [5, 5.41) is 0. The topological polar surface area (TPSA) is 57.7 Å². The van der Waals surface area contributed by atoms with Gasteiger partial charge in [0, 0.05) is 31.7 Å². The van der Waals surface area contributed by atoms with Crippen LogP contribution in [0.25, 0.3) is 0 Å². The second kappa shape index (κ2) is 5.91. The first kappa shape index (κ1) is 16.5. The predicted octanol–water partition coefficient (Wildman–Crippen LogP) is 2.40. The van der Waals surface area contributed by atoms with Crippen LogP contribution in [-0.2, 0) is 21.2 Å². The predicted molar refractivity (Wildman–Crippen MR) is 89.9 cm³/mol. The molecule has 0 saturated carbocycles. The van der Waals surface area contributed by atoms with Gasteiger partial charge in [-0.3, -0.25) is 4.79 Å². The molecule has 2 atom stereocenters. The van der Waals surface area contributed by atoms with Crippen LogP contribution in [0, 0.1) is 5.92 Å². The van der Waals surface area contributed by atoms with E-state index in [4.69, 9.17) is 0 Å². The van der Waals surface area contributed by atoms with Crippen LogP contribution in [-0.4, -0.2) is 37.8 Å². The van der Waals surface area contributed by atoms with E-state index in [1.54, 1.807) is 34.3 Å². The smallest absolute Gasteiger partial charge is 0.243 e. The molecule has 0 aromatic heterocycles. The number of nitrogens with zero attached hydrogens (tertiary/aromatic N) is 2. The summed E-state index contributed by atoms with van der Waals surface area (Å²) in [5.41, 5.74) is 1.79. The number of benzene rings is 1. The van der Waals surface area contributed by atoms with E-state index in [1.807, 2.05) is 6.92 Å². The molecule has 0 N–H and O–H groups in total. The fourth-order valence-electron chi connectivity index (χ4n) is 3.76. The number of anilines is 1. The Balaban J connectivity index is 1.94. The van der Waals surface area contributed by atoms with Crippen LogP contribution < -0.4 is 4.90 Å². The number of amides is 1. The molecule has 1 aromatic carbocycles. The second-order valence-corrected chi connectivity index (χ2v) is 8.78. The molecule has 1 fully saturated rings. The van der Waals surface area contributed by atoms with Gasteiger partial charge in [-0.05, 0) is 55.9 Å². The summed E-state index contributed by atoms with van der Waals surface area (Å²) in [4.78, 5) is 13.9. The monoisotopic (exact) mass is 336 g/mol. The maximum atomic E-state index is 12.9. The summed E-state index contributed by atoms with van der Waals surface area (Å²) in [6, 6.07) is 5.25. The van der Waals surface area contributed by atoms with Crippen molar-refractivity contribution in [2.75, 3.05) is 18.0 Å². The fraction of sp³-hybridized carbons (Fsp3) is 0.588. The number of hydrogen-bond acceptors (Lipinski definition) is 3. The molecule has 0 spiro atoms. The van der Waals surface area contributed by atoms with Crippen LogP contribution in [0.3, 0.4) is 0 Å². The molecule has 1 amide bonds. The van der Waals surface area contributed by atoms with Crippen molar-refractivity contribution in [3.8, 4) is 0 Å². The standard InChI is InChI=1S/C17H24N2O3S/c1-12-5-4-8-18(11-12)23(21,22)16-6-7-17-15(10-16)9-13(2)19(17)14(3)20/h6-7,10,12-13H,4-5,8-9,11H2,1-3H3/t12-,13+/m1/s1. The molecular weight excluding hydrogens is 312 g/mol. The zero-order valence-electron chi connectivity index (χ0n) is 13.9. The Bertz CT molecular complexity index is 729. The van der Waals surface area contributed by atoms with E-state index in [0.717, 1.165) is 24.1 Å². The van der Waals surface area contributed by atoms with Crippen LogP contribution in [0.1, 0.15) is 39.2 Å². The molecule has 1 aromatic rings. The number of fused-ring (bicyclic) bond motifs is 1. The van der Waals surface area contributed by atoms with Crippen molar-refractivity contribution in [1.29, 1.82) is 0 Å². The first-order chi connectivity index (χ1) is 10.8. The molecule has 5 nitrogen and oxygen atoms in total. The SMILES string of the molecule is CC(=O)N1c2ccc(S(=O)(=O)N3CCC[C@@H](C)C3)cc2C[C@@H]1C. The zero-order chi connectivity index (χ0) is 16.8. The molecule has 0 aliphatic carbocycles. The Kier molecular flexibility index (Phi) is 4.23. The minimum atomic E-state index is -3.44. The van der Waals surface area contributed by atoms with E-state index >= 15 is 0 Å². The molecular formula is C17H24N2O3S.